The minimum atomic E-state index is -0.826. The van der Waals surface area contributed by atoms with E-state index < -0.39 is 5.60 Å². The molecule has 6 heteroatoms. The number of para-hydroxylation sites is 1. The number of benzene rings is 1. The van der Waals surface area contributed by atoms with E-state index in [1.807, 2.05) is 29.9 Å². The van der Waals surface area contributed by atoms with Gasteiger partial charge in [0.1, 0.15) is 22.7 Å². The van der Waals surface area contributed by atoms with Gasteiger partial charge in [0, 0.05) is 56.3 Å². The van der Waals surface area contributed by atoms with Gasteiger partial charge >= 0.3 is 0 Å². The first-order chi connectivity index (χ1) is 14.1. The van der Waals surface area contributed by atoms with Crippen LogP contribution in [-0.4, -0.2) is 44.7 Å². The molecule has 3 aromatic rings. The van der Waals surface area contributed by atoms with Gasteiger partial charge in [0.15, 0.2) is 0 Å². The number of hydrogen-bond acceptors (Lipinski definition) is 5. The maximum absolute atomic E-state index is 11.7. The molecular formula is C23H28N4O2. The fourth-order valence-electron chi connectivity index (χ4n) is 5.43. The highest BCUT2D eigenvalue weighted by molar-refractivity contribution is 5.84. The second-order valence-corrected chi connectivity index (χ2v) is 8.54. The summed E-state index contributed by atoms with van der Waals surface area (Å²) in [7, 11) is 3.67. The minimum absolute atomic E-state index is 0.200. The predicted octanol–water partition coefficient (Wildman–Crippen LogP) is 3.10. The van der Waals surface area contributed by atoms with E-state index in [1.165, 1.54) is 6.42 Å². The number of aryl methyl sites for hydroxylation is 1. The van der Waals surface area contributed by atoms with Crippen LogP contribution in [0.1, 0.15) is 30.8 Å². The van der Waals surface area contributed by atoms with Crippen LogP contribution in [0, 0.1) is 11.8 Å². The van der Waals surface area contributed by atoms with Crippen molar-refractivity contribution in [3.8, 4) is 5.75 Å². The van der Waals surface area contributed by atoms with E-state index in [4.69, 9.17) is 9.72 Å². The molecule has 1 N–H and O–H groups in total. The van der Waals surface area contributed by atoms with Crippen LogP contribution in [0.15, 0.2) is 42.7 Å². The Kier molecular flexibility index (Phi) is 4.56. The third-order valence-corrected chi connectivity index (χ3v) is 6.83. The van der Waals surface area contributed by atoms with E-state index >= 15 is 0 Å². The van der Waals surface area contributed by atoms with Crippen molar-refractivity contribution in [1.82, 2.24) is 19.4 Å². The van der Waals surface area contributed by atoms with E-state index in [-0.39, 0.29) is 11.8 Å². The molecule has 2 aromatic heterocycles. The first kappa shape index (κ1) is 18.6. The minimum Gasteiger partial charge on any atom is -0.494 e. The molecule has 29 heavy (non-hydrogen) atoms. The summed E-state index contributed by atoms with van der Waals surface area (Å²) in [6.45, 7) is 2.52. The topological polar surface area (TPSA) is 63.4 Å². The van der Waals surface area contributed by atoms with E-state index in [0.717, 1.165) is 60.6 Å². The van der Waals surface area contributed by atoms with Crippen molar-refractivity contribution in [2.45, 2.75) is 31.4 Å². The molecule has 1 aliphatic heterocycles. The Hall–Kier alpha value is -2.44. The van der Waals surface area contributed by atoms with Crippen LogP contribution < -0.4 is 4.74 Å². The number of aromatic nitrogens is 3. The highest BCUT2D eigenvalue weighted by Gasteiger charge is 2.53. The van der Waals surface area contributed by atoms with Gasteiger partial charge in [-0.05, 0) is 25.0 Å². The number of ether oxygens (including phenoxy) is 1. The number of imidazole rings is 1. The number of fused-ring (bicyclic) bond motifs is 3. The molecule has 2 unspecified atom stereocenters. The Balaban J connectivity index is 1.41. The molecule has 2 atom stereocenters. The first-order valence-electron chi connectivity index (χ1n) is 10.4. The second kappa shape index (κ2) is 7.11. The number of rotatable bonds is 4. The molecule has 0 amide bonds. The van der Waals surface area contributed by atoms with Crippen molar-refractivity contribution in [1.29, 1.82) is 0 Å². The van der Waals surface area contributed by atoms with Gasteiger partial charge in [-0.15, -0.1) is 0 Å². The molecule has 0 radical (unpaired) electrons. The quantitative estimate of drug-likeness (QED) is 0.739. The molecule has 2 bridgehead atoms. The smallest absolute Gasteiger partial charge is 0.145 e. The van der Waals surface area contributed by atoms with Crippen molar-refractivity contribution < 1.29 is 9.84 Å². The van der Waals surface area contributed by atoms with Gasteiger partial charge in [-0.3, -0.25) is 4.90 Å². The highest BCUT2D eigenvalue weighted by Crippen LogP contribution is 2.48. The van der Waals surface area contributed by atoms with Crippen molar-refractivity contribution in [3.63, 3.8) is 0 Å². The number of pyridine rings is 1. The molecule has 2 aliphatic rings. The molecule has 3 heterocycles. The van der Waals surface area contributed by atoms with Gasteiger partial charge in [0.05, 0.1) is 12.8 Å². The maximum Gasteiger partial charge on any atom is 0.145 e. The molecule has 2 fully saturated rings. The van der Waals surface area contributed by atoms with Crippen LogP contribution in [0.25, 0.3) is 10.9 Å². The lowest BCUT2D eigenvalue weighted by molar-refractivity contribution is -0.155. The summed E-state index contributed by atoms with van der Waals surface area (Å²) in [4.78, 5) is 11.9. The molecule has 1 saturated carbocycles. The summed E-state index contributed by atoms with van der Waals surface area (Å²) in [5.41, 5.74) is 1.13. The fraction of sp³-hybridized carbons (Fsp3) is 0.478. The zero-order valence-electron chi connectivity index (χ0n) is 17.1. The average Bonchev–Trinajstić information content (AvgIpc) is 3.15. The summed E-state index contributed by atoms with van der Waals surface area (Å²) < 4.78 is 7.48. The van der Waals surface area contributed by atoms with Gasteiger partial charge < -0.3 is 14.4 Å². The molecule has 5 rings (SSSR count). The summed E-state index contributed by atoms with van der Waals surface area (Å²) in [5.74, 6) is 2.03. The zero-order chi connectivity index (χ0) is 20.0. The third-order valence-electron chi connectivity index (χ3n) is 6.83. The van der Waals surface area contributed by atoms with Gasteiger partial charge in [-0.25, -0.2) is 9.97 Å². The predicted molar refractivity (Wildman–Crippen MR) is 112 cm³/mol. The molecule has 1 aromatic carbocycles. The molecule has 0 spiro atoms. The van der Waals surface area contributed by atoms with Crippen LogP contribution in [-0.2, 0) is 19.2 Å². The number of likely N-dealkylation sites (tertiary alicyclic amines) is 1. The Morgan fingerprint density at radius 3 is 2.66 bits per heavy atom. The Morgan fingerprint density at radius 1 is 1.17 bits per heavy atom. The zero-order valence-corrected chi connectivity index (χ0v) is 17.1. The molecule has 6 nitrogen and oxygen atoms in total. The van der Waals surface area contributed by atoms with Crippen molar-refractivity contribution >= 4 is 10.9 Å². The Morgan fingerprint density at radius 2 is 1.97 bits per heavy atom. The summed E-state index contributed by atoms with van der Waals surface area (Å²) >= 11 is 0. The molecule has 1 saturated heterocycles. The van der Waals surface area contributed by atoms with Gasteiger partial charge in [0.2, 0.25) is 0 Å². The Labute approximate surface area is 171 Å². The summed E-state index contributed by atoms with van der Waals surface area (Å²) in [6.07, 6.45) is 6.98. The largest absolute Gasteiger partial charge is 0.494 e. The number of methoxy groups -OCH3 is 1. The molecule has 1 aliphatic carbocycles. The number of aliphatic hydroxyl groups is 1. The SMILES string of the molecule is COc1cccc2ccc(CN3CC4CCCC(C3)C4(O)c3nccn3C)nc12. The fourth-order valence-corrected chi connectivity index (χ4v) is 5.43. The summed E-state index contributed by atoms with van der Waals surface area (Å²) in [5, 5.41) is 12.8. The van der Waals surface area contributed by atoms with Crippen molar-refractivity contribution in [2.24, 2.45) is 18.9 Å². The van der Waals surface area contributed by atoms with Crippen LogP contribution in [0.3, 0.4) is 0 Å². The molecular weight excluding hydrogens is 364 g/mol. The van der Waals surface area contributed by atoms with Crippen molar-refractivity contribution in [3.05, 3.63) is 54.2 Å². The Bertz CT molecular complexity index is 1020. The number of hydrogen-bond donors (Lipinski definition) is 1. The highest BCUT2D eigenvalue weighted by atomic mass is 16.5. The average molecular weight is 393 g/mol. The van der Waals surface area contributed by atoms with Crippen LogP contribution >= 0.6 is 0 Å². The first-order valence-corrected chi connectivity index (χ1v) is 10.4. The van der Waals surface area contributed by atoms with Crippen molar-refractivity contribution in [2.75, 3.05) is 20.2 Å². The van der Waals surface area contributed by atoms with Gasteiger partial charge in [0.25, 0.3) is 0 Å². The maximum atomic E-state index is 11.7. The lowest BCUT2D eigenvalue weighted by Gasteiger charge is -2.52. The lowest BCUT2D eigenvalue weighted by atomic mass is 9.65. The van der Waals surface area contributed by atoms with Crippen LogP contribution in [0.5, 0.6) is 5.75 Å². The standard InChI is InChI=1S/C23H28N4O2/c1-26-12-11-24-22(26)23(28)17-6-4-7-18(23)14-27(13-17)15-19-10-9-16-5-3-8-20(29-2)21(16)25-19/h3,5,8-12,17-18,28H,4,6-7,13-15H2,1-2H3. The summed E-state index contributed by atoms with van der Waals surface area (Å²) in [6, 6.07) is 10.2. The van der Waals surface area contributed by atoms with Gasteiger partial charge in [-0.1, -0.05) is 24.6 Å². The monoisotopic (exact) mass is 392 g/mol. The van der Waals surface area contributed by atoms with Crippen LogP contribution in [0.4, 0.5) is 0 Å². The number of piperidine rings is 1. The van der Waals surface area contributed by atoms with E-state index in [0.29, 0.717) is 0 Å². The second-order valence-electron chi connectivity index (χ2n) is 8.54. The van der Waals surface area contributed by atoms with E-state index in [1.54, 1.807) is 13.3 Å². The van der Waals surface area contributed by atoms with Gasteiger partial charge in [-0.2, -0.15) is 0 Å². The molecule has 152 valence electrons. The van der Waals surface area contributed by atoms with E-state index in [9.17, 15) is 5.11 Å². The van der Waals surface area contributed by atoms with E-state index in [2.05, 4.69) is 28.1 Å². The normalized spacial score (nSPS) is 27.3. The lowest BCUT2D eigenvalue weighted by Crippen LogP contribution is -2.58. The number of nitrogens with zero attached hydrogens (tertiary/aromatic N) is 4. The third kappa shape index (κ3) is 3.02. The van der Waals surface area contributed by atoms with Crippen LogP contribution in [0.2, 0.25) is 0 Å².